The van der Waals surface area contributed by atoms with Gasteiger partial charge in [0.1, 0.15) is 17.7 Å². The van der Waals surface area contributed by atoms with Crippen LogP contribution in [-0.2, 0) is 11.2 Å². The average molecular weight is 405 g/mol. The minimum atomic E-state index is -1.01. The number of amides is 1. The van der Waals surface area contributed by atoms with Crippen molar-refractivity contribution in [2.24, 2.45) is 11.7 Å². The molecule has 0 saturated carbocycles. The first kappa shape index (κ1) is 22.9. The quantitative estimate of drug-likeness (QED) is 0.489. The maximum absolute atomic E-state index is 13.3. The predicted octanol–water partition coefficient (Wildman–Crippen LogP) is 2.30. The molecule has 0 aliphatic carbocycles. The molecule has 158 valence electrons. The monoisotopic (exact) mass is 405 g/mol. The van der Waals surface area contributed by atoms with Gasteiger partial charge in [-0.1, -0.05) is 44.2 Å². The molecule has 7 heteroatoms. The van der Waals surface area contributed by atoms with Crippen molar-refractivity contribution >= 4 is 5.91 Å². The molecular formula is C22H29F2N3O2. The molecule has 0 saturated heterocycles. The van der Waals surface area contributed by atoms with Gasteiger partial charge < -0.3 is 16.2 Å². The van der Waals surface area contributed by atoms with E-state index in [1.807, 2.05) is 44.2 Å². The first-order valence-corrected chi connectivity index (χ1v) is 9.71. The van der Waals surface area contributed by atoms with Crippen molar-refractivity contribution in [2.75, 3.05) is 13.1 Å². The molecule has 5 nitrogen and oxygen atoms in total. The van der Waals surface area contributed by atoms with Crippen LogP contribution in [0.2, 0.25) is 0 Å². The molecule has 0 radical (unpaired) electrons. The van der Waals surface area contributed by atoms with E-state index in [2.05, 4.69) is 10.6 Å². The molecule has 0 aliphatic heterocycles. The van der Waals surface area contributed by atoms with Crippen LogP contribution in [0.25, 0.3) is 0 Å². The van der Waals surface area contributed by atoms with E-state index >= 15 is 0 Å². The SMILES string of the molecule is CC(C)CNC(=O)[C@@H](NC[C@@H](O)[C@@H](N)Cc1cc(F)cc(F)c1)c1ccccc1. The Kier molecular flexibility index (Phi) is 8.70. The second-order valence-corrected chi connectivity index (χ2v) is 7.60. The molecule has 5 N–H and O–H groups in total. The number of aliphatic hydroxyl groups is 1. The van der Waals surface area contributed by atoms with Crippen LogP contribution in [0.5, 0.6) is 0 Å². The zero-order valence-electron chi connectivity index (χ0n) is 16.7. The molecular weight excluding hydrogens is 376 g/mol. The Labute approximate surface area is 170 Å². The molecule has 2 aromatic rings. The Bertz CT molecular complexity index is 767. The maximum atomic E-state index is 13.3. The summed E-state index contributed by atoms with van der Waals surface area (Å²) >= 11 is 0. The molecule has 0 heterocycles. The minimum Gasteiger partial charge on any atom is -0.390 e. The van der Waals surface area contributed by atoms with Gasteiger partial charge in [0.2, 0.25) is 5.91 Å². The summed E-state index contributed by atoms with van der Waals surface area (Å²) in [6.45, 7) is 4.59. The molecule has 3 atom stereocenters. The second kappa shape index (κ2) is 11.0. The molecule has 0 fully saturated rings. The number of halogens is 2. The van der Waals surface area contributed by atoms with Crippen LogP contribution in [0, 0.1) is 17.6 Å². The Hall–Kier alpha value is -2.35. The number of carbonyl (C=O) groups excluding carboxylic acids is 1. The van der Waals surface area contributed by atoms with Crippen LogP contribution in [-0.4, -0.2) is 36.2 Å². The smallest absolute Gasteiger partial charge is 0.241 e. The molecule has 2 aromatic carbocycles. The van der Waals surface area contributed by atoms with Crippen molar-refractivity contribution in [3.63, 3.8) is 0 Å². The standard InChI is InChI=1S/C22H29F2N3O2/c1-14(2)12-27-22(29)21(16-6-4-3-5-7-16)26-13-20(28)19(25)10-15-8-17(23)11-18(24)9-15/h3-9,11,14,19-21,26,28H,10,12-13,25H2,1-2H3,(H,27,29)/t19-,20+,21-/m0/s1. The van der Waals surface area contributed by atoms with Gasteiger partial charge in [-0.3, -0.25) is 10.1 Å². The number of hydrogen-bond acceptors (Lipinski definition) is 4. The van der Waals surface area contributed by atoms with Gasteiger partial charge in [-0.05, 0) is 35.6 Å². The topological polar surface area (TPSA) is 87.4 Å². The van der Waals surface area contributed by atoms with Crippen LogP contribution in [0.15, 0.2) is 48.5 Å². The Morgan fingerprint density at radius 1 is 1.07 bits per heavy atom. The lowest BCUT2D eigenvalue weighted by atomic mass is 10.0. The van der Waals surface area contributed by atoms with Crippen molar-refractivity contribution in [1.82, 2.24) is 10.6 Å². The van der Waals surface area contributed by atoms with Gasteiger partial charge in [0.15, 0.2) is 0 Å². The summed E-state index contributed by atoms with van der Waals surface area (Å²) in [5, 5.41) is 16.4. The number of benzene rings is 2. The summed E-state index contributed by atoms with van der Waals surface area (Å²) in [5.74, 6) is -1.27. The number of aliphatic hydroxyl groups excluding tert-OH is 1. The molecule has 2 rings (SSSR count). The molecule has 0 bridgehead atoms. The summed E-state index contributed by atoms with van der Waals surface area (Å²) in [5.41, 5.74) is 7.14. The number of carbonyl (C=O) groups is 1. The third-order valence-electron chi connectivity index (χ3n) is 4.50. The summed E-state index contributed by atoms with van der Waals surface area (Å²) in [4.78, 5) is 12.6. The predicted molar refractivity (Wildman–Crippen MR) is 109 cm³/mol. The van der Waals surface area contributed by atoms with Gasteiger partial charge in [-0.15, -0.1) is 0 Å². The number of nitrogens with two attached hydrogens (primary N) is 1. The van der Waals surface area contributed by atoms with E-state index in [-0.39, 0.29) is 18.9 Å². The fourth-order valence-electron chi connectivity index (χ4n) is 2.94. The van der Waals surface area contributed by atoms with Crippen molar-refractivity contribution in [3.05, 3.63) is 71.3 Å². The van der Waals surface area contributed by atoms with E-state index in [0.717, 1.165) is 11.6 Å². The van der Waals surface area contributed by atoms with Gasteiger partial charge in [-0.25, -0.2) is 8.78 Å². The molecule has 29 heavy (non-hydrogen) atoms. The number of rotatable bonds is 10. The molecule has 0 aliphatic rings. The highest BCUT2D eigenvalue weighted by Gasteiger charge is 2.23. The summed E-state index contributed by atoms with van der Waals surface area (Å²) in [6.07, 6.45) is -0.905. The maximum Gasteiger partial charge on any atom is 0.241 e. The van der Waals surface area contributed by atoms with Gasteiger partial charge in [0.25, 0.3) is 0 Å². The second-order valence-electron chi connectivity index (χ2n) is 7.60. The first-order chi connectivity index (χ1) is 13.8. The lowest BCUT2D eigenvalue weighted by Crippen LogP contribution is -2.47. The molecule has 0 aromatic heterocycles. The molecule has 0 spiro atoms. The van der Waals surface area contributed by atoms with Gasteiger partial charge in [0.05, 0.1) is 6.10 Å². The summed E-state index contributed by atoms with van der Waals surface area (Å²) < 4.78 is 26.7. The first-order valence-electron chi connectivity index (χ1n) is 9.71. The van der Waals surface area contributed by atoms with E-state index in [9.17, 15) is 18.7 Å². The van der Waals surface area contributed by atoms with Crippen LogP contribution in [0.1, 0.15) is 31.0 Å². The average Bonchev–Trinajstić information content (AvgIpc) is 2.66. The van der Waals surface area contributed by atoms with Gasteiger partial charge in [-0.2, -0.15) is 0 Å². The van der Waals surface area contributed by atoms with E-state index in [4.69, 9.17) is 5.73 Å². The fraction of sp³-hybridized carbons (Fsp3) is 0.409. The minimum absolute atomic E-state index is 0.0492. The Balaban J connectivity index is 2.00. The van der Waals surface area contributed by atoms with Crippen molar-refractivity contribution < 1.29 is 18.7 Å². The number of nitrogens with one attached hydrogen (secondary N) is 2. The lowest BCUT2D eigenvalue weighted by molar-refractivity contribution is -0.123. The van der Waals surface area contributed by atoms with Crippen molar-refractivity contribution in [2.45, 2.75) is 38.5 Å². The fourth-order valence-corrected chi connectivity index (χ4v) is 2.94. The van der Waals surface area contributed by atoms with E-state index in [0.29, 0.717) is 18.0 Å². The Morgan fingerprint density at radius 3 is 2.28 bits per heavy atom. The highest BCUT2D eigenvalue weighted by Crippen LogP contribution is 2.14. The molecule has 1 amide bonds. The van der Waals surface area contributed by atoms with Crippen LogP contribution >= 0.6 is 0 Å². The third-order valence-corrected chi connectivity index (χ3v) is 4.50. The third kappa shape index (κ3) is 7.53. The van der Waals surface area contributed by atoms with Gasteiger partial charge in [0, 0.05) is 25.2 Å². The van der Waals surface area contributed by atoms with Crippen LogP contribution in [0.4, 0.5) is 8.78 Å². The summed E-state index contributed by atoms with van der Waals surface area (Å²) in [6, 6.07) is 10.9. The highest BCUT2D eigenvalue weighted by atomic mass is 19.1. The highest BCUT2D eigenvalue weighted by molar-refractivity contribution is 5.83. The van der Waals surface area contributed by atoms with E-state index in [1.54, 1.807) is 0 Å². The van der Waals surface area contributed by atoms with Crippen molar-refractivity contribution in [1.29, 1.82) is 0 Å². The van der Waals surface area contributed by atoms with Crippen LogP contribution < -0.4 is 16.4 Å². The Morgan fingerprint density at radius 2 is 1.69 bits per heavy atom. The van der Waals surface area contributed by atoms with E-state index in [1.165, 1.54) is 12.1 Å². The lowest BCUT2D eigenvalue weighted by Gasteiger charge is -2.24. The largest absolute Gasteiger partial charge is 0.390 e. The van der Waals surface area contributed by atoms with Gasteiger partial charge >= 0.3 is 0 Å². The number of hydrogen-bond donors (Lipinski definition) is 4. The van der Waals surface area contributed by atoms with E-state index < -0.39 is 29.8 Å². The normalized spacial score (nSPS) is 14.4. The zero-order chi connectivity index (χ0) is 21.4. The molecule has 0 unspecified atom stereocenters. The summed E-state index contributed by atoms with van der Waals surface area (Å²) in [7, 11) is 0. The van der Waals surface area contributed by atoms with Crippen molar-refractivity contribution in [3.8, 4) is 0 Å². The van der Waals surface area contributed by atoms with Crippen LogP contribution in [0.3, 0.4) is 0 Å². The zero-order valence-corrected chi connectivity index (χ0v) is 16.7.